The standard InChI is InChI=1S/C6H10O2.CH4O/c1-3-7-6-2-4-8-5(1)6;1-2/h5-6H,1-4H2;2H,1H3/t5-,6-;/m1./s1. The summed E-state index contributed by atoms with van der Waals surface area (Å²) in [5.41, 5.74) is 0. The molecule has 0 aromatic carbocycles. The van der Waals surface area contributed by atoms with E-state index in [1.807, 2.05) is 0 Å². The minimum Gasteiger partial charge on any atom is -0.400 e. The molecular formula is C7H14O3. The Morgan fingerprint density at radius 3 is 1.80 bits per heavy atom. The van der Waals surface area contributed by atoms with Crippen molar-refractivity contribution in [2.75, 3.05) is 20.3 Å². The molecule has 0 amide bonds. The minimum absolute atomic E-state index is 0.454. The fraction of sp³-hybridized carbons (Fsp3) is 1.00. The van der Waals surface area contributed by atoms with Gasteiger partial charge in [-0.15, -0.1) is 0 Å². The van der Waals surface area contributed by atoms with E-state index in [4.69, 9.17) is 14.6 Å². The van der Waals surface area contributed by atoms with E-state index in [1.165, 1.54) is 0 Å². The van der Waals surface area contributed by atoms with Crippen molar-refractivity contribution in [2.24, 2.45) is 0 Å². The molecule has 2 aliphatic heterocycles. The lowest BCUT2D eigenvalue weighted by Crippen LogP contribution is -2.13. The Morgan fingerprint density at radius 2 is 1.40 bits per heavy atom. The summed E-state index contributed by atoms with van der Waals surface area (Å²) in [6.07, 6.45) is 3.14. The third kappa shape index (κ3) is 1.48. The Morgan fingerprint density at radius 1 is 1.00 bits per heavy atom. The van der Waals surface area contributed by atoms with Gasteiger partial charge in [0.15, 0.2) is 0 Å². The summed E-state index contributed by atoms with van der Waals surface area (Å²) in [6.45, 7) is 1.82. The molecule has 0 bridgehead atoms. The maximum absolute atomic E-state index is 7.00. The number of aliphatic hydroxyl groups excluding tert-OH is 1. The van der Waals surface area contributed by atoms with Crippen LogP contribution in [-0.2, 0) is 9.47 Å². The van der Waals surface area contributed by atoms with Crippen LogP contribution in [0.4, 0.5) is 0 Å². The summed E-state index contributed by atoms with van der Waals surface area (Å²) in [5, 5.41) is 7.00. The van der Waals surface area contributed by atoms with Crippen molar-refractivity contribution in [3.05, 3.63) is 0 Å². The third-order valence-electron chi connectivity index (χ3n) is 1.88. The average molecular weight is 146 g/mol. The van der Waals surface area contributed by atoms with Crippen molar-refractivity contribution in [3.8, 4) is 0 Å². The van der Waals surface area contributed by atoms with E-state index in [9.17, 15) is 0 Å². The van der Waals surface area contributed by atoms with E-state index in [0.717, 1.165) is 33.2 Å². The molecule has 0 aliphatic carbocycles. The molecule has 2 saturated heterocycles. The van der Waals surface area contributed by atoms with Gasteiger partial charge in [-0.05, 0) is 12.8 Å². The van der Waals surface area contributed by atoms with Crippen LogP contribution in [0.15, 0.2) is 0 Å². The summed E-state index contributed by atoms with van der Waals surface area (Å²) in [4.78, 5) is 0. The Hall–Kier alpha value is -0.120. The van der Waals surface area contributed by atoms with Gasteiger partial charge in [-0.3, -0.25) is 0 Å². The van der Waals surface area contributed by atoms with E-state index in [1.54, 1.807) is 0 Å². The highest BCUT2D eigenvalue weighted by Crippen LogP contribution is 2.25. The summed E-state index contributed by atoms with van der Waals surface area (Å²) in [6, 6.07) is 0. The van der Waals surface area contributed by atoms with E-state index in [2.05, 4.69) is 0 Å². The summed E-state index contributed by atoms with van der Waals surface area (Å²) in [7, 11) is 1.00. The van der Waals surface area contributed by atoms with Crippen molar-refractivity contribution in [1.29, 1.82) is 0 Å². The van der Waals surface area contributed by atoms with Gasteiger partial charge in [0.05, 0.1) is 12.2 Å². The second kappa shape index (κ2) is 3.91. The molecule has 0 aromatic rings. The molecule has 0 unspecified atom stereocenters. The zero-order chi connectivity index (χ0) is 7.40. The highest BCUT2D eigenvalue weighted by Gasteiger charge is 2.33. The molecule has 2 rings (SSSR count). The molecular weight excluding hydrogens is 132 g/mol. The molecule has 10 heavy (non-hydrogen) atoms. The molecule has 2 aliphatic rings. The van der Waals surface area contributed by atoms with Gasteiger partial charge in [0, 0.05) is 20.3 Å². The molecule has 60 valence electrons. The smallest absolute Gasteiger partial charge is 0.0859 e. The van der Waals surface area contributed by atoms with E-state index in [0.29, 0.717) is 12.2 Å². The molecule has 3 nitrogen and oxygen atoms in total. The van der Waals surface area contributed by atoms with Gasteiger partial charge < -0.3 is 14.6 Å². The second-order valence-corrected chi connectivity index (χ2v) is 2.40. The van der Waals surface area contributed by atoms with E-state index < -0.39 is 0 Å². The van der Waals surface area contributed by atoms with E-state index in [-0.39, 0.29) is 0 Å². The molecule has 0 aromatic heterocycles. The quantitative estimate of drug-likeness (QED) is 0.529. The number of rotatable bonds is 0. The number of hydrogen-bond acceptors (Lipinski definition) is 3. The van der Waals surface area contributed by atoms with Crippen LogP contribution in [0.3, 0.4) is 0 Å². The second-order valence-electron chi connectivity index (χ2n) is 2.40. The van der Waals surface area contributed by atoms with Crippen LogP contribution < -0.4 is 0 Å². The van der Waals surface area contributed by atoms with Crippen LogP contribution in [0.5, 0.6) is 0 Å². The Kier molecular flexibility index (Phi) is 3.12. The molecule has 2 fully saturated rings. The Balaban J connectivity index is 0.000000231. The first-order valence-corrected chi connectivity index (χ1v) is 3.65. The van der Waals surface area contributed by atoms with E-state index >= 15 is 0 Å². The van der Waals surface area contributed by atoms with Gasteiger partial charge in [0.2, 0.25) is 0 Å². The number of fused-ring (bicyclic) bond motifs is 1. The molecule has 1 N–H and O–H groups in total. The molecule has 2 atom stereocenters. The van der Waals surface area contributed by atoms with Crippen molar-refractivity contribution >= 4 is 0 Å². The molecule has 2 heterocycles. The van der Waals surface area contributed by atoms with Crippen LogP contribution >= 0.6 is 0 Å². The topological polar surface area (TPSA) is 38.7 Å². The summed E-state index contributed by atoms with van der Waals surface area (Å²) >= 11 is 0. The Bertz CT molecular complexity index is 74.9. The average Bonchev–Trinajstić information content (AvgIpc) is 2.49. The first kappa shape index (κ1) is 7.98. The largest absolute Gasteiger partial charge is 0.400 e. The van der Waals surface area contributed by atoms with Gasteiger partial charge in [-0.25, -0.2) is 0 Å². The normalized spacial score (nSPS) is 36.6. The highest BCUT2D eigenvalue weighted by molar-refractivity contribution is 4.81. The number of aliphatic hydroxyl groups is 1. The minimum atomic E-state index is 0.454. The predicted octanol–water partition coefficient (Wildman–Crippen LogP) is 0.173. The first-order valence-electron chi connectivity index (χ1n) is 3.65. The van der Waals surface area contributed by atoms with Gasteiger partial charge >= 0.3 is 0 Å². The zero-order valence-electron chi connectivity index (χ0n) is 6.25. The lowest BCUT2D eigenvalue weighted by atomic mass is 10.2. The van der Waals surface area contributed by atoms with Gasteiger partial charge in [-0.2, -0.15) is 0 Å². The van der Waals surface area contributed by atoms with Gasteiger partial charge in [0.1, 0.15) is 0 Å². The van der Waals surface area contributed by atoms with Gasteiger partial charge in [-0.1, -0.05) is 0 Å². The van der Waals surface area contributed by atoms with Crippen molar-refractivity contribution in [2.45, 2.75) is 25.0 Å². The molecule has 0 spiro atoms. The summed E-state index contributed by atoms with van der Waals surface area (Å²) < 4.78 is 10.7. The van der Waals surface area contributed by atoms with Crippen LogP contribution in [-0.4, -0.2) is 37.6 Å². The predicted molar refractivity (Wildman–Crippen MR) is 36.9 cm³/mol. The highest BCUT2D eigenvalue weighted by atomic mass is 16.6. The van der Waals surface area contributed by atoms with Crippen molar-refractivity contribution in [3.63, 3.8) is 0 Å². The fourth-order valence-electron chi connectivity index (χ4n) is 1.42. The van der Waals surface area contributed by atoms with Crippen molar-refractivity contribution in [1.82, 2.24) is 0 Å². The van der Waals surface area contributed by atoms with Gasteiger partial charge in [0.25, 0.3) is 0 Å². The molecule has 0 saturated carbocycles. The maximum Gasteiger partial charge on any atom is 0.0859 e. The Labute approximate surface area is 60.9 Å². The number of hydrogen-bond donors (Lipinski definition) is 1. The number of ether oxygens (including phenoxy) is 2. The fourth-order valence-corrected chi connectivity index (χ4v) is 1.42. The third-order valence-corrected chi connectivity index (χ3v) is 1.88. The SMILES string of the molecule is C1C[C@H]2OCC[C@H]2O1.CO. The zero-order valence-corrected chi connectivity index (χ0v) is 6.25. The molecule has 0 radical (unpaired) electrons. The first-order chi connectivity index (χ1) is 4.97. The lowest BCUT2D eigenvalue weighted by molar-refractivity contribution is 0.0732. The lowest BCUT2D eigenvalue weighted by Gasteiger charge is -2.03. The van der Waals surface area contributed by atoms with Crippen LogP contribution in [0, 0.1) is 0 Å². The van der Waals surface area contributed by atoms with Crippen LogP contribution in [0.25, 0.3) is 0 Å². The van der Waals surface area contributed by atoms with Crippen LogP contribution in [0.1, 0.15) is 12.8 Å². The monoisotopic (exact) mass is 146 g/mol. The van der Waals surface area contributed by atoms with Crippen molar-refractivity contribution < 1.29 is 14.6 Å². The summed E-state index contributed by atoms with van der Waals surface area (Å²) in [5.74, 6) is 0. The molecule has 3 heteroatoms. The maximum atomic E-state index is 7.00. The van der Waals surface area contributed by atoms with Crippen LogP contribution in [0.2, 0.25) is 0 Å².